The Bertz CT molecular complexity index is 980. The maximum atomic E-state index is 5.85. The molecule has 0 spiro atoms. The Hall–Kier alpha value is -2.55. The van der Waals surface area contributed by atoms with Crippen LogP contribution in [0.15, 0.2) is 78.9 Å². The zero-order valence-electron chi connectivity index (χ0n) is 18.5. The topological polar surface area (TPSA) is 12.5 Å². The van der Waals surface area contributed by atoms with Crippen LogP contribution in [-0.4, -0.2) is 24.1 Å². The molecule has 0 saturated carbocycles. The van der Waals surface area contributed by atoms with Gasteiger partial charge in [0.2, 0.25) is 0 Å². The SMILES string of the molecule is CC(C)N(C/C=C/c1ccc(-c2ccccc2)cc1)Cc1ccc2c(c1)OCCC2.Cl. The second-order valence-electron chi connectivity index (χ2n) is 8.31. The van der Waals surface area contributed by atoms with Crippen LogP contribution in [0.3, 0.4) is 0 Å². The fourth-order valence-electron chi connectivity index (χ4n) is 3.92. The van der Waals surface area contributed by atoms with Crippen molar-refractivity contribution in [2.45, 2.75) is 39.3 Å². The highest BCUT2D eigenvalue weighted by atomic mass is 35.5. The summed E-state index contributed by atoms with van der Waals surface area (Å²) >= 11 is 0. The van der Waals surface area contributed by atoms with E-state index in [0.29, 0.717) is 6.04 Å². The molecular weight excluding hydrogens is 402 g/mol. The van der Waals surface area contributed by atoms with Crippen molar-refractivity contribution in [3.63, 3.8) is 0 Å². The summed E-state index contributed by atoms with van der Waals surface area (Å²) in [5.74, 6) is 1.08. The van der Waals surface area contributed by atoms with Gasteiger partial charge in [-0.3, -0.25) is 4.90 Å². The number of aryl methyl sites for hydroxylation is 1. The largest absolute Gasteiger partial charge is 0.493 e. The van der Waals surface area contributed by atoms with Crippen LogP contribution in [0, 0.1) is 0 Å². The molecule has 1 heterocycles. The van der Waals surface area contributed by atoms with Gasteiger partial charge in [-0.05, 0) is 60.6 Å². The summed E-state index contributed by atoms with van der Waals surface area (Å²) in [5.41, 5.74) is 6.42. The van der Waals surface area contributed by atoms with Gasteiger partial charge in [0.25, 0.3) is 0 Å². The summed E-state index contributed by atoms with van der Waals surface area (Å²) in [6.07, 6.45) is 6.75. The molecule has 31 heavy (non-hydrogen) atoms. The van der Waals surface area contributed by atoms with Crippen LogP contribution in [0.1, 0.15) is 37.0 Å². The van der Waals surface area contributed by atoms with E-state index in [1.807, 2.05) is 0 Å². The number of halogens is 1. The van der Waals surface area contributed by atoms with Gasteiger partial charge in [0, 0.05) is 19.1 Å². The third kappa shape index (κ3) is 6.22. The fourth-order valence-corrected chi connectivity index (χ4v) is 3.92. The molecule has 1 aliphatic rings. The second-order valence-corrected chi connectivity index (χ2v) is 8.31. The lowest BCUT2D eigenvalue weighted by Crippen LogP contribution is -2.30. The lowest BCUT2D eigenvalue weighted by Gasteiger charge is -2.26. The Kier molecular flexibility index (Phi) is 8.34. The highest BCUT2D eigenvalue weighted by Gasteiger charge is 2.13. The Morgan fingerprint density at radius 2 is 1.68 bits per heavy atom. The first kappa shape index (κ1) is 23.1. The number of nitrogens with zero attached hydrogens (tertiary/aromatic N) is 1. The molecule has 1 aliphatic heterocycles. The van der Waals surface area contributed by atoms with Crippen LogP contribution in [0.2, 0.25) is 0 Å². The first-order chi connectivity index (χ1) is 14.7. The Balaban J connectivity index is 0.00000272. The van der Waals surface area contributed by atoms with Gasteiger partial charge in [0.05, 0.1) is 6.61 Å². The molecule has 0 radical (unpaired) electrons. The highest BCUT2D eigenvalue weighted by Crippen LogP contribution is 2.26. The van der Waals surface area contributed by atoms with Crippen molar-refractivity contribution in [2.75, 3.05) is 13.2 Å². The van der Waals surface area contributed by atoms with E-state index >= 15 is 0 Å². The molecule has 0 aliphatic carbocycles. The Labute approximate surface area is 193 Å². The molecule has 3 heteroatoms. The van der Waals surface area contributed by atoms with E-state index in [-0.39, 0.29) is 12.4 Å². The fraction of sp³-hybridized carbons (Fsp3) is 0.286. The number of ether oxygens (including phenoxy) is 1. The molecule has 3 aromatic carbocycles. The molecule has 0 N–H and O–H groups in total. The normalized spacial score (nSPS) is 13.2. The number of rotatable bonds is 7. The standard InChI is InChI=1S/C28H31NO.ClH/c1-22(2)29(21-24-14-17-27-11-7-19-30-28(27)20-24)18-6-8-23-12-15-26(16-13-23)25-9-4-3-5-10-25;/h3-6,8-10,12-17,20,22H,7,11,18-19,21H2,1-2H3;1H/b8-6+;. The van der Waals surface area contributed by atoms with Crippen molar-refractivity contribution < 1.29 is 4.74 Å². The first-order valence-electron chi connectivity index (χ1n) is 11.0. The van der Waals surface area contributed by atoms with E-state index in [1.54, 1.807) is 0 Å². The van der Waals surface area contributed by atoms with Crippen molar-refractivity contribution >= 4 is 18.5 Å². The summed E-state index contributed by atoms with van der Waals surface area (Å²) in [7, 11) is 0. The van der Waals surface area contributed by atoms with Gasteiger partial charge in [-0.25, -0.2) is 0 Å². The maximum absolute atomic E-state index is 5.85. The zero-order chi connectivity index (χ0) is 20.8. The number of hydrogen-bond acceptors (Lipinski definition) is 2. The molecule has 3 aromatic rings. The van der Waals surface area contributed by atoms with Crippen molar-refractivity contribution in [2.24, 2.45) is 0 Å². The van der Waals surface area contributed by atoms with Gasteiger partial charge in [0.1, 0.15) is 5.75 Å². The van der Waals surface area contributed by atoms with Crippen LogP contribution >= 0.6 is 12.4 Å². The minimum Gasteiger partial charge on any atom is -0.493 e. The molecule has 162 valence electrons. The molecule has 4 rings (SSSR count). The molecule has 0 bridgehead atoms. The van der Waals surface area contributed by atoms with Gasteiger partial charge in [-0.2, -0.15) is 0 Å². The van der Waals surface area contributed by atoms with Crippen molar-refractivity contribution in [3.8, 4) is 16.9 Å². The van der Waals surface area contributed by atoms with Crippen LogP contribution < -0.4 is 4.74 Å². The molecule has 2 nitrogen and oxygen atoms in total. The first-order valence-corrected chi connectivity index (χ1v) is 11.0. The lowest BCUT2D eigenvalue weighted by molar-refractivity contribution is 0.236. The van der Waals surface area contributed by atoms with E-state index in [0.717, 1.165) is 38.3 Å². The maximum Gasteiger partial charge on any atom is 0.122 e. The second kappa shape index (κ2) is 11.2. The Morgan fingerprint density at radius 3 is 2.42 bits per heavy atom. The van der Waals surface area contributed by atoms with Crippen LogP contribution in [-0.2, 0) is 13.0 Å². The number of benzene rings is 3. The molecule has 0 fully saturated rings. The minimum absolute atomic E-state index is 0. The van der Waals surface area contributed by atoms with Gasteiger partial charge >= 0.3 is 0 Å². The van der Waals surface area contributed by atoms with Gasteiger partial charge in [-0.1, -0.05) is 78.9 Å². The third-order valence-corrected chi connectivity index (χ3v) is 5.76. The summed E-state index contributed by atoms with van der Waals surface area (Å²) in [4.78, 5) is 2.49. The van der Waals surface area contributed by atoms with E-state index in [4.69, 9.17) is 4.74 Å². The molecule has 0 amide bonds. The van der Waals surface area contributed by atoms with Gasteiger partial charge in [-0.15, -0.1) is 12.4 Å². The van der Waals surface area contributed by atoms with Crippen molar-refractivity contribution in [1.82, 2.24) is 4.90 Å². The summed E-state index contributed by atoms with van der Waals surface area (Å²) < 4.78 is 5.85. The molecule has 0 atom stereocenters. The van der Waals surface area contributed by atoms with E-state index < -0.39 is 0 Å². The Morgan fingerprint density at radius 1 is 0.935 bits per heavy atom. The monoisotopic (exact) mass is 433 g/mol. The predicted octanol–water partition coefficient (Wildman–Crippen LogP) is 7.02. The molecule has 0 unspecified atom stereocenters. The van der Waals surface area contributed by atoms with E-state index in [1.165, 1.54) is 27.8 Å². The van der Waals surface area contributed by atoms with E-state index in [9.17, 15) is 0 Å². The average molecular weight is 434 g/mol. The van der Waals surface area contributed by atoms with Crippen LogP contribution in [0.5, 0.6) is 5.75 Å². The quantitative estimate of drug-likeness (QED) is 0.396. The van der Waals surface area contributed by atoms with Crippen LogP contribution in [0.4, 0.5) is 0 Å². The predicted molar refractivity (Wildman–Crippen MR) is 134 cm³/mol. The zero-order valence-corrected chi connectivity index (χ0v) is 19.3. The highest BCUT2D eigenvalue weighted by molar-refractivity contribution is 5.85. The summed E-state index contributed by atoms with van der Waals surface area (Å²) in [6, 6.07) is 26.5. The minimum atomic E-state index is 0. The van der Waals surface area contributed by atoms with Gasteiger partial charge < -0.3 is 4.74 Å². The number of hydrogen-bond donors (Lipinski definition) is 0. The van der Waals surface area contributed by atoms with Crippen molar-refractivity contribution in [1.29, 1.82) is 0 Å². The molecular formula is C28H32ClNO. The van der Waals surface area contributed by atoms with E-state index in [2.05, 4.69) is 104 Å². The lowest BCUT2D eigenvalue weighted by atomic mass is 10.0. The smallest absolute Gasteiger partial charge is 0.122 e. The van der Waals surface area contributed by atoms with Crippen molar-refractivity contribution in [3.05, 3.63) is 95.6 Å². The third-order valence-electron chi connectivity index (χ3n) is 5.76. The van der Waals surface area contributed by atoms with Gasteiger partial charge in [0.15, 0.2) is 0 Å². The molecule has 0 aromatic heterocycles. The number of fused-ring (bicyclic) bond motifs is 1. The van der Waals surface area contributed by atoms with Crippen LogP contribution in [0.25, 0.3) is 17.2 Å². The average Bonchev–Trinajstić information content (AvgIpc) is 2.79. The summed E-state index contributed by atoms with van der Waals surface area (Å²) in [6.45, 7) is 7.23. The summed E-state index contributed by atoms with van der Waals surface area (Å²) in [5, 5.41) is 0. The molecule has 0 saturated heterocycles.